The first-order chi connectivity index (χ1) is 13.1. The van der Waals surface area contributed by atoms with Crippen LogP contribution in [0.1, 0.15) is 36.6 Å². The molecule has 0 saturated heterocycles. The number of benzene rings is 2. The van der Waals surface area contributed by atoms with Crippen molar-refractivity contribution >= 4 is 22.9 Å². The summed E-state index contributed by atoms with van der Waals surface area (Å²) in [4.78, 5) is 17.4. The Balaban J connectivity index is 1.85. The number of ether oxygens (including phenoxy) is 1. The Kier molecular flexibility index (Phi) is 6.35. The molecule has 0 amide bonds. The largest absolute Gasteiger partial charge is 0.463 e. The van der Waals surface area contributed by atoms with Gasteiger partial charge in [-0.3, -0.25) is 0 Å². The molecule has 1 aliphatic heterocycles. The lowest BCUT2D eigenvalue weighted by Crippen LogP contribution is -2.30. The maximum absolute atomic E-state index is 12.5. The van der Waals surface area contributed by atoms with Gasteiger partial charge in [-0.05, 0) is 31.9 Å². The summed E-state index contributed by atoms with van der Waals surface area (Å²) < 4.78 is 5.27. The summed E-state index contributed by atoms with van der Waals surface area (Å²) in [6.45, 7) is 6.16. The summed E-state index contributed by atoms with van der Waals surface area (Å²) in [7, 11) is 0. The van der Waals surface area contributed by atoms with Gasteiger partial charge in [0.05, 0.1) is 12.2 Å². The standard InChI is InChI=1S/C22H24N2O2S/c1-4-26-21(25)19-16(3)23-22(24-20(19)18-11-6-5-7-12-18)27-14-17-10-8-9-15(2)13-17/h5-13,20H,4,14H2,1-3H3,(H,23,24)/t20-/m1/s1. The fourth-order valence-corrected chi connectivity index (χ4v) is 3.91. The number of carbonyl (C=O) groups is 1. The van der Waals surface area contributed by atoms with E-state index in [4.69, 9.17) is 9.73 Å². The van der Waals surface area contributed by atoms with Crippen molar-refractivity contribution in [1.82, 2.24) is 5.32 Å². The first kappa shape index (κ1) is 19.2. The maximum atomic E-state index is 12.5. The number of allylic oxidation sites excluding steroid dienone is 1. The predicted octanol–water partition coefficient (Wildman–Crippen LogP) is 4.77. The van der Waals surface area contributed by atoms with Gasteiger partial charge in [-0.1, -0.05) is 71.9 Å². The number of esters is 1. The highest BCUT2D eigenvalue weighted by Gasteiger charge is 2.30. The van der Waals surface area contributed by atoms with Gasteiger partial charge in [0.2, 0.25) is 0 Å². The van der Waals surface area contributed by atoms with E-state index in [9.17, 15) is 4.79 Å². The monoisotopic (exact) mass is 380 g/mol. The van der Waals surface area contributed by atoms with Crippen LogP contribution in [-0.2, 0) is 15.3 Å². The second kappa shape index (κ2) is 8.91. The van der Waals surface area contributed by atoms with E-state index in [-0.39, 0.29) is 12.0 Å². The third-order valence-electron chi connectivity index (χ3n) is 4.29. The van der Waals surface area contributed by atoms with Crippen LogP contribution in [0, 0.1) is 6.92 Å². The van der Waals surface area contributed by atoms with Crippen molar-refractivity contribution in [2.75, 3.05) is 6.61 Å². The molecule has 0 spiro atoms. The van der Waals surface area contributed by atoms with Crippen molar-refractivity contribution in [1.29, 1.82) is 0 Å². The summed E-state index contributed by atoms with van der Waals surface area (Å²) in [6, 6.07) is 18.0. The molecule has 0 aliphatic carbocycles. The van der Waals surface area contributed by atoms with Crippen LogP contribution in [-0.4, -0.2) is 17.7 Å². The molecular weight excluding hydrogens is 356 g/mol. The van der Waals surface area contributed by atoms with Crippen molar-refractivity contribution in [3.05, 3.63) is 82.6 Å². The number of nitrogens with one attached hydrogen (secondary N) is 1. The number of aryl methyl sites for hydroxylation is 1. The normalized spacial score (nSPS) is 16.6. The summed E-state index contributed by atoms with van der Waals surface area (Å²) in [5.74, 6) is 0.500. The number of rotatable bonds is 5. The topological polar surface area (TPSA) is 50.7 Å². The first-order valence-corrected chi connectivity index (χ1v) is 10.0. The number of amidine groups is 1. The molecule has 1 N–H and O–H groups in total. The summed E-state index contributed by atoms with van der Waals surface area (Å²) in [5, 5.41) is 4.10. The van der Waals surface area contributed by atoms with Gasteiger partial charge in [0.1, 0.15) is 6.04 Å². The third-order valence-corrected chi connectivity index (χ3v) is 5.25. The second-order valence-corrected chi connectivity index (χ2v) is 7.37. The molecule has 1 heterocycles. The van der Waals surface area contributed by atoms with Crippen LogP contribution in [0.25, 0.3) is 0 Å². The molecule has 0 fully saturated rings. The van der Waals surface area contributed by atoms with Gasteiger partial charge in [0.25, 0.3) is 0 Å². The van der Waals surface area contributed by atoms with Gasteiger partial charge in [-0.15, -0.1) is 0 Å². The van der Waals surface area contributed by atoms with E-state index in [0.29, 0.717) is 12.2 Å². The van der Waals surface area contributed by atoms with Crippen molar-refractivity contribution < 1.29 is 9.53 Å². The third kappa shape index (κ3) is 4.80. The predicted molar refractivity (Wildman–Crippen MR) is 112 cm³/mol. The fourth-order valence-electron chi connectivity index (χ4n) is 3.02. The molecule has 27 heavy (non-hydrogen) atoms. The minimum absolute atomic E-state index is 0.317. The zero-order valence-corrected chi connectivity index (χ0v) is 16.7. The lowest BCUT2D eigenvalue weighted by molar-refractivity contribution is -0.138. The fraction of sp³-hybridized carbons (Fsp3) is 0.273. The summed E-state index contributed by atoms with van der Waals surface area (Å²) in [6.07, 6.45) is 0. The van der Waals surface area contributed by atoms with E-state index in [1.807, 2.05) is 44.2 Å². The van der Waals surface area contributed by atoms with Gasteiger partial charge in [-0.2, -0.15) is 0 Å². The van der Waals surface area contributed by atoms with Crippen LogP contribution >= 0.6 is 11.8 Å². The van der Waals surface area contributed by atoms with E-state index in [1.54, 1.807) is 11.8 Å². The Bertz CT molecular complexity index is 875. The molecule has 2 aromatic carbocycles. The highest BCUT2D eigenvalue weighted by molar-refractivity contribution is 8.13. The zero-order chi connectivity index (χ0) is 19.2. The Morgan fingerprint density at radius 2 is 1.93 bits per heavy atom. The molecule has 1 atom stereocenters. The van der Waals surface area contributed by atoms with Crippen LogP contribution in [0.5, 0.6) is 0 Å². The molecule has 0 bridgehead atoms. The lowest BCUT2D eigenvalue weighted by Gasteiger charge is -2.25. The van der Waals surface area contributed by atoms with E-state index in [2.05, 4.69) is 36.5 Å². The molecule has 3 rings (SSSR count). The molecule has 0 unspecified atom stereocenters. The maximum Gasteiger partial charge on any atom is 0.338 e. The highest BCUT2D eigenvalue weighted by atomic mass is 32.2. The molecule has 1 aliphatic rings. The van der Waals surface area contributed by atoms with Crippen LogP contribution < -0.4 is 5.32 Å². The number of nitrogens with zero attached hydrogens (tertiary/aromatic N) is 1. The molecule has 0 aromatic heterocycles. The van der Waals surface area contributed by atoms with Gasteiger partial charge in [0.15, 0.2) is 5.17 Å². The number of thioether (sulfide) groups is 1. The van der Waals surface area contributed by atoms with Crippen molar-refractivity contribution in [3.8, 4) is 0 Å². The summed E-state index contributed by atoms with van der Waals surface area (Å²) >= 11 is 1.64. The highest BCUT2D eigenvalue weighted by Crippen LogP contribution is 2.33. The Hall–Kier alpha value is -2.53. The number of aliphatic imine (C=N–C) groups is 1. The number of hydrogen-bond donors (Lipinski definition) is 1. The molecule has 5 heteroatoms. The molecule has 140 valence electrons. The van der Waals surface area contributed by atoms with Gasteiger partial charge < -0.3 is 10.1 Å². The number of hydrogen-bond acceptors (Lipinski definition) is 5. The van der Waals surface area contributed by atoms with Crippen LogP contribution in [0.3, 0.4) is 0 Å². The Labute approximate surface area is 164 Å². The number of carbonyl (C=O) groups excluding carboxylic acids is 1. The quantitative estimate of drug-likeness (QED) is 0.760. The zero-order valence-electron chi connectivity index (χ0n) is 15.9. The van der Waals surface area contributed by atoms with Crippen LogP contribution in [0.2, 0.25) is 0 Å². The van der Waals surface area contributed by atoms with Crippen molar-refractivity contribution in [3.63, 3.8) is 0 Å². The van der Waals surface area contributed by atoms with Gasteiger partial charge in [-0.25, -0.2) is 9.79 Å². The Morgan fingerprint density at radius 3 is 2.63 bits per heavy atom. The van der Waals surface area contributed by atoms with E-state index < -0.39 is 0 Å². The van der Waals surface area contributed by atoms with Crippen molar-refractivity contribution in [2.24, 2.45) is 4.99 Å². The van der Waals surface area contributed by atoms with Crippen molar-refractivity contribution in [2.45, 2.75) is 32.6 Å². The average Bonchev–Trinajstić information content (AvgIpc) is 2.67. The lowest BCUT2D eigenvalue weighted by atomic mass is 9.97. The molecule has 0 saturated carbocycles. The van der Waals surface area contributed by atoms with E-state index >= 15 is 0 Å². The SMILES string of the molecule is CCOC(=O)C1=C(C)NC(SCc2cccc(C)c2)=N[C@@H]1c1ccccc1. The minimum atomic E-state index is -0.355. The van der Waals surface area contributed by atoms with Crippen LogP contribution in [0.4, 0.5) is 0 Å². The van der Waals surface area contributed by atoms with E-state index in [1.165, 1.54) is 11.1 Å². The summed E-state index contributed by atoms with van der Waals surface area (Å²) in [5.41, 5.74) is 4.84. The minimum Gasteiger partial charge on any atom is -0.463 e. The van der Waals surface area contributed by atoms with E-state index in [0.717, 1.165) is 22.2 Å². The van der Waals surface area contributed by atoms with Gasteiger partial charge in [0, 0.05) is 11.4 Å². The van der Waals surface area contributed by atoms with Gasteiger partial charge >= 0.3 is 5.97 Å². The second-order valence-electron chi connectivity index (χ2n) is 6.41. The first-order valence-electron chi connectivity index (χ1n) is 9.04. The molecular formula is C22H24N2O2S. The Morgan fingerprint density at radius 1 is 1.15 bits per heavy atom. The average molecular weight is 381 g/mol. The molecule has 4 nitrogen and oxygen atoms in total. The molecule has 2 aromatic rings. The smallest absolute Gasteiger partial charge is 0.338 e. The van der Waals surface area contributed by atoms with Crippen LogP contribution in [0.15, 0.2) is 70.9 Å². The molecule has 0 radical (unpaired) electrons.